The number of halogens is 4. The largest absolute Gasteiger partial charge is 0.416 e. The summed E-state index contributed by atoms with van der Waals surface area (Å²) in [6.45, 7) is 11.2. The van der Waals surface area contributed by atoms with E-state index in [1.54, 1.807) is 7.05 Å². The number of hydrogen-bond donors (Lipinski definition) is 2. The number of likely N-dealkylation sites (N-methyl/N-ethyl adjacent to an activating group) is 1. The summed E-state index contributed by atoms with van der Waals surface area (Å²) in [6, 6.07) is 6.19. The van der Waals surface area contributed by atoms with Crippen LogP contribution < -0.4 is 10.6 Å². The van der Waals surface area contributed by atoms with Gasteiger partial charge in [-0.25, -0.2) is 0 Å². The van der Waals surface area contributed by atoms with Gasteiger partial charge in [-0.2, -0.15) is 13.2 Å². The van der Waals surface area contributed by atoms with Gasteiger partial charge in [-0.3, -0.25) is 9.89 Å². The topological polar surface area (TPSA) is 42.9 Å². The molecule has 1 heterocycles. The van der Waals surface area contributed by atoms with Crippen molar-refractivity contribution < 1.29 is 13.2 Å². The van der Waals surface area contributed by atoms with Crippen LogP contribution in [0.5, 0.6) is 0 Å². The highest BCUT2D eigenvalue weighted by Gasteiger charge is 2.40. The quantitative estimate of drug-likeness (QED) is 0.298. The number of aliphatic imine (C=N–C) groups is 1. The van der Waals surface area contributed by atoms with Gasteiger partial charge < -0.3 is 15.5 Å². The monoisotopic (exact) mass is 567 g/mol. The van der Waals surface area contributed by atoms with Crippen LogP contribution in [0, 0.1) is 0 Å². The number of nitrogens with one attached hydrogen (secondary N) is 2. The van der Waals surface area contributed by atoms with E-state index >= 15 is 0 Å². The van der Waals surface area contributed by atoms with Crippen molar-refractivity contribution in [2.24, 2.45) is 4.99 Å². The Morgan fingerprint density at radius 1 is 1.16 bits per heavy atom. The standard InChI is InChI=1S/C23H36F3N5.HI/c1-4-30-11-13-31(14-12-30)18(2)16-28-21(27-3)29-17-22(9-6-10-22)19-7-5-8-20(15-19)23(24,25)26;/h5,7-8,15,18H,4,6,9-14,16-17H2,1-3H3,(H2,27,28,29);1H. The summed E-state index contributed by atoms with van der Waals surface area (Å²) in [5.41, 5.74) is -0.0736. The molecule has 2 aliphatic rings. The highest BCUT2D eigenvalue weighted by atomic mass is 127. The van der Waals surface area contributed by atoms with E-state index in [1.807, 2.05) is 6.07 Å². The van der Waals surface area contributed by atoms with Gasteiger partial charge in [-0.15, -0.1) is 24.0 Å². The van der Waals surface area contributed by atoms with Crippen LogP contribution in [0.2, 0.25) is 0 Å². The molecule has 1 saturated carbocycles. The molecule has 1 aliphatic heterocycles. The summed E-state index contributed by atoms with van der Waals surface area (Å²) >= 11 is 0. The van der Waals surface area contributed by atoms with Crippen molar-refractivity contribution >= 4 is 29.9 Å². The van der Waals surface area contributed by atoms with Crippen molar-refractivity contribution in [3.63, 3.8) is 0 Å². The molecule has 2 N–H and O–H groups in total. The third-order valence-electron chi connectivity index (χ3n) is 6.97. The molecule has 1 unspecified atom stereocenters. The average molecular weight is 567 g/mol. The molecule has 5 nitrogen and oxygen atoms in total. The molecular formula is C23H37F3IN5. The summed E-state index contributed by atoms with van der Waals surface area (Å²) in [7, 11) is 1.73. The van der Waals surface area contributed by atoms with Gasteiger partial charge in [0, 0.05) is 57.8 Å². The van der Waals surface area contributed by atoms with Crippen LogP contribution in [-0.4, -0.2) is 74.7 Å². The maximum Gasteiger partial charge on any atom is 0.416 e. The van der Waals surface area contributed by atoms with E-state index in [4.69, 9.17) is 0 Å². The Labute approximate surface area is 207 Å². The molecule has 32 heavy (non-hydrogen) atoms. The molecule has 1 saturated heterocycles. The highest BCUT2D eigenvalue weighted by Crippen LogP contribution is 2.44. The smallest absolute Gasteiger partial charge is 0.356 e. The minimum atomic E-state index is -4.31. The first-order valence-electron chi connectivity index (χ1n) is 11.4. The van der Waals surface area contributed by atoms with Crippen LogP contribution in [0.1, 0.15) is 44.2 Å². The maximum absolute atomic E-state index is 13.2. The van der Waals surface area contributed by atoms with Gasteiger partial charge in [-0.1, -0.05) is 31.5 Å². The Morgan fingerprint density at radius 3 is 2.38 bits per heavy atom. The number of rotatable bonds is 7. The fraction of sp³-hybridized carbons (Fsp3) is 0.696. The lowest BCUT2D eigenvalue weighted by Gasteiger charge is -2.43. The predicted molar refractivity (Wildman–Crippen MR) is 135 cm³/mol. The third-order valence-corrected chi connectivity index (χ3v) is 6.97. The van der Waals surface area contributed by atoms with Gasteiger partial charge >= 0.3 is 6.18 Å². The molecule has 0 bridgehead atoms. The molecule has 1 atom stereocenters. The number of alkyl halides is 3. The summed E-state index contributed by atoms with van der Waals surface area (Å²) in [6.07, 6.45) is -1.51. The van der Waals surface area contributed by atoms with E-state index in [2.05, 4.69) is 39.3 Å². The average Bonchev–Trinajstić information content (AvgIpc) is 2.74. The fourth-order valence-corrected chi connectivity index (χ4v) is 4.56. The van der Waals surface area contributed by atoms with Crippen LogP contribution >= 0.6 is 24.0 Å². The summed E-state index contributed by atoms with van der Waals surface area (Å²) in [5, 5.41) is 6.78. The van der Waals surface area contributed by atoms with E-state index in [1.165, 1.54) is 12.1 Å². The minimum absolute atomic E-state index is 0. The van der Waals surface area contributed by atoms with E-state index in [9.17, 15) is 13.2 Å². The lowest BCUT2D eigenvalue weighted by atomic mass is 9.64. The SMILES string of the molecule is CCN1CCN(C(C)CNC(=NC)NCC2(c3cccc(C(F)(F)F)c3)CCC2)CC1.I. The Bertz CT molecular complexity index is 743. The Morgan fingerprint density at radius 2 is 1.84 bits per heavy atom. The number of nitrogens with zero attached hydrogens (tertiary/aromatic N) is 3. The Kier molecular flexibility index (Phi) is 10.1. The molecule has 0 radical (unpaired) electrons. The zero-order chi connectivity index (χ0) is 22.5. The van der Waals surface area contributed by atoms with Crippen LogP contribution in [0.25, 0.3) is 0 Å². The molecule has 9 heteroatoms. The zero-order valence-electron chi connectivity index (χ0n) is 19.3. The number of guanidine groups is 1. The first kappa shape index (κ1) is 27.2. The molecule has 0 amide bonds. The molecule has 1 aromatic carbocycles. The zero-order valence-corrected chi connectivity index (χ0v) is 21.7. The first-order chi connectivity index (χ1) is 14.8. The Hall–Kier alpha value is -1.07. The second kappa shape index (κ2) is 11.9. The van der Waals surface area contributed by atoms with Gasteiger partial charge in [0.15, 0.2) is 5.96 Å². The summed E-state index contributed by atoms with van der Waals surface area (Å²) < 4.78 is 39.5. The number of benzene rings is 1. The fourth-order valence-electron chi connectivity index (χ4n) is 4.56. The Balaban J connectivity index is 0.00000363. The lowest BCUT2D eigenvalue weighted by molar-refractivity contribution is -0.137. The molecule has 1 aliphatic carbocycles. The van der Waals surface area contributed by atoms with E-state index in [0.717, 1.165) is 70.2 Å². The van der Waals surface area contributed by atoms with Gasteiger partial charge in [0.2, 0.25) is 0 Å². The molecular weight excluding hydrogens is 530 g/mol. The number of piperazine rings is 1. The van der Waals surface area contributed by atoms with Crippen molar-refractivity contribution in [1.82, 2.24) is 20.4 Å². The highest BCUT2D eigenvalue weighted by molar-refractivity contribution is 14.0. The van der Waals surface area contributed by atoms with E-state index < -0.39 is 11.7 Å². The third kappa shape index (κ3) is 6.72. The lowest BCUT2D eigenvalue weighted by Crippen LogP contribution is -2.54. The van der Waals surface area contributed by atoms with Crippen LogP contribution in [0.3, 0.4) is 0 Å². The second-order valence-corrected chi connectivity index (χ2v) is 8.84. The van der Waals surface area contributed by atoms with Gasteiger partial charge in [0.25, 0.3) is 0 Å². The van der Waals surface area contributed by atoms with Crippen molar-refractivity contribution in [2.75, 3.05) is 52.9 Å². The number of hydrogen-bond acceptors (Lipinski definition) is 3. The van der Waals surface area contributed by atoms with Crippen LogP contribution in [0.15, 0.2) is 29.3 Å². The normalized spacial score (nSPS) is 20.8. The van der Waals surface area contributed by atoms with Gasteiger partial charge in [0.05, 0.1) is 5.56 Å². The summed E-state index contributed by atoms with van der Waals surface area (Å²) in [4.78, 5) is 9.28. The van der Waals surface area contributed by atoms with Crippen LogP contribution in [-0.2, 0) is 11.6 Å². The van der Waals surface area contributed by atoms with Gasteiger partial charge in [-0.05, 0) is 37.9 Å². The van der Waals surface area contributed by atoms with Crippen molar-refractivity contribution in [3.05, 3.63) is 35.4 Å². The van der Waals surface area contributed by atoms with E-state index in [-0.39, 0.29) is 29.4 Å². The molecule has 2 fully saturated rings. The molecule has 1 aromatic rings. The minimum Gasteiger partial charge on any atom is -0.356 e. The summed E-state index contributed by atoms with van der Waals surface area (Å²) in [5.74, 6) is 0.706. The van der Waals surface area contributed by atoms with Crippen LogP contribution in [0.4, 0.5) is 13.2 Å². The van der Waals surface area contributed by atoms with Crippen molar-refractivity contribution in [3.8, 4) is 0 Å². The van der Waals surface area contributed by atoms with E-state index in [0.29, 0.717) is 18.5 Å². The molecule has 0 spiro atoms. The maximum atomic E-state index is 13.2. The van der Waals surface area contributed by atoms with Crippen molar-refractivity contribution in [2.45, 2.75) is 50.7 Å². The van der Waals surface area contributed by atoms with Gasteiger partial charge in [0.1, 0.15) is 0 Å². The predicted octanol–water partition coefficient (Wildman–Crippen LogP) is 3.94. The first-order valence-corrected chi connectivity index (χ1v) is 11.4. The second-order valence-electron chi connectivity index (χ2n) is 8.84. The van der Waals surface area contributed by atoms with Crippen molar-refractivity contribution in [1.29, 1.82) is 0 Å². The molecule has 3 rings (SSSR count). The molecule has 0 aromatic heterocycles. The molecule has 182 valence electrons.